The first kappa shape index (κ1) is 8.48. The molecule has 70 valence electrons. The van der Waals surface area contributed by atoms with Crippen LogP contribution in [0.3, 0.4) is 0 Å². The Morgan fingerprint density at radius 3 is 2.33 bits per heavy atom. The Morgan fingerprint density at radius 2 is 1.75 bits per heavy atom. The average Bonchev–Trinajstić information content (AvgIpc) is 2.54. The molecule has 2 heterocycles. The second-order valence-electron chi connectivity index (χ2n) is 4.03. The van der Waals surface area contributed by atoms with Crippen molar-refractivity contribution in [1.82, 2.24) is 9.91 Å². The lowest BCUT2D eigenvalue weighted by atomic mass is 10.1. The van der Waals surface area contributed by atoms with Crippen LogP contribution in [-0.2, 0) is 0 Å². The zero-order valence-electron chi connectivity index (χ0n) is 7.71. The normalized spacial score (nSPS) is 34.2. The highest BCUT2D eigenvalue weighted by Crippen LogP contribution is 2.18. The number of hydrazine groups is 1. The van der Waals surface area contributed by atoms with E-state index in [0.29, 0.717) is 0 Å². The molecule has 0 aromatic carbocycles. The zero-order chi connectivity index (χ0) is 8.39. The Balaban J connectivity index is 1.83. The molecule has 0 aliphatic carbocycles. The topological polar surface area (TPSA) is 32.5 Å². The molecule has 3 heteroatoms. The molecule has 0 saturated carbocycles. The Labute approximate surface area is 74.5 Å². The molecular weight excluding hydrogens is 150 g/mol. The Bertz CT molecular complexity index is 140. The summed E-state index contributed by atoms with van der Waals surface area (Å²) in [7, 11) is 0. The van der Waals surface area contributed by atoms with Gasteiger partial charge in [-0.1, -0.05) is 6.42 Å². The van der Waals surface area contributed by atoms with Crippen LogP contribution in [0.1, 0.15) is 25.7 Å². The predicted octanol–water partition coefficient (Wildman–Crippen LogP) is 0.420. The van der Waals surface area contributed by atoms with Gasteiger partial charge in [0.2, 0.25) is 0 Å². The summed E-state index contributed by atoms with van der Waals surface area (Å²) in [6.45, 7) is 4.78. The van der Waals surface area contributed by atoms with Gasteiger partial charge in [0.05, 0.1) is 0 Å². The number of nitrogens with zero attached hydrogens (tertiary/aromatic N) is 2. The van der Waals surface area contributed by atoms with Crippen molar-refractivity contribution in [3.63, 3.8) is 0 Å². The molecule has 0 amide bonds. The van der Waals surface area contributed by atoms with Crippen molar-refractivity contribution in [3.05, 3.63) is 0 Å². The lowest BCUT2D eigenvalue weighted by molar-refractivity contribution is 0.162. The molecule has 2 fully saturated rings. The maximum atomic E-state index is 5.74. The fourth-order valence-electron chi connectivity index (χ4n) is 2.35. The number of hydrogen-bond acceptors (Lipinski definition) is 3. The van der Waals surface area contributed by atoms with Gasteiger partial charge in [0, 0.05) is 19.1 Å². The number of hydrogen-bond donors (Lipinski definition) is 1. The van der Waals surface area contributed by atoms with Crippen molar-refractivity contribution in [1.29, 1.82) is 0 Å². The molecule has 1 atom stereocenters. The van der Waals surface area contributed by atoms with Gasteiger partial charge in [-0.2, -0.15) is 0 Å². The van der Waals surface area contributed by atoms with E-state index in [2.05, 4.69) is 4.90 Å². The summed E-state index contributed by atoms with van der Waals surface area (Å²) in [5, 5.41) is 1.96. The number of piperidine rings is 1. The third kappa shape index (κ3) is 1.79. The first-order valence-electron chi connectivity index (χ1n) is 5.10. The van der Waals surface area contributed by atoms with E-state index in [1.807, 2.05) is 5.01 Å². The van der Waals surface area contributed by atoms with Crippen LogP contribution < -0.4 is 5.84 Å². The molecule has 2 N–H and O–H groups in total. The Hall–Kier alpha value is -0.120. The predicted molar refractivity (Wildman–Crippen MR) is 49.6 cm³/mol. The van der Waals surface area contributed by atoms with Crippen molar-refractivity contribution in [2.24, 2.45) is 5.84 Å². The van der Waals surface area contributed by atoms with Crippen molar-refractivity contribution in [2.75, 3.05) is 26.2 Å². The van der Waals surface area contributed by atoms with Gasteiger partial charge in [-0.25, -0.2) is 5.01 Å². The summed E-state index contributed by atoms with van der Waals surface area (Å²) in [6.07, 6.45) is 5.48. The van der Waals surface area contributed by atoms with E-state index in [1.54, 1.807) is 0 Å². The van der Waals surface area contributed by atoms with Crippen LogP contribution in [0, 0.1) is 0 Å². The van der Waals surface area contributed by atoms with Gasteiger partial charge < -0.3 is 0 Å². The highest BCUT2D eigenvalue weighted by atomic mass is 15.4. The summed E-state index contributed by atoms with van der Waals surface area (Å²) in [5.74, 6) is 5.74. The molecule has 0 aromatic rings. The average molecular weight is 169 g/mol. The highest BCUT2D eigenvalue weighted by molar-refractivity contribution is 4.82. The van der Waals surface area contributed by atoms with Crippen LogP contribution in [0.25, 0.3) is 0 Å². The largest absolute Gasteiger partial charge is 0.299 e. The molecule has 0 radical (unpaired) electrons. The maximum Gasteiger partial charge on any atom is 0.0285 e. The minimum absolute atomic E-state index is 0.760. The molecule has 12 heavy (non-hydrogen) atoms. The van der Waals surface area contributed by atoms with Gasteiger partial charge in [0.25, 0.3) is 0 Å². The van der Waals surface area contributed by atoms with E-state index in [9.17, 15) is 0 Å². The lowest BCUT2D eigenvalue weighted by Gasteiger charge is -2.31. The standard InChI is InChI=1S/C9H19N3/c10-12-7-4-9(8-12)11-5-2-1-3-6-11/h9H,1-8,10H2. The van der Waals surface area contributed by atoms with Gasteiger partial charge in [0.15, 0.2) is 0 Å². The molecule has 2 saturated heterocycles. The van der Waals surface area contributed by atoms with Crippen LogP contribution in [-0.4, -0.2) is 42.1 Å². The molecule has 3 nitrogen and oxygen atoms in total. The maximum absolute atomic E-state index is 5.74. The SMILES string of the molecule is NN1CCC(N2CCCCC2)C1. The van der Waals surface area contributed by atoms with Crippen LogP contribution in [0.5, 0.6) is 0 Å². The van der Waals surface area contributed by atoms with E-state index in [4.69, 9.17) is 5.84 Å². The summed E-state index contributed by atoms with van der Waals surface area (Å²) in [4.78, 5) is 2.62. The van der Waals surface area contributed by atoms with Gasteiger partial charge >= 0.3 is 0 Å². The molecule has 2 aliphatic heterocycles. The minimum Gasteiger partial charge on any atom is -0.299 e. The molecular formula is C9H19N3. The molecule has 0 spiro atoms. The van der Waals surface area contributed by atoms with Gasteiger partial charge in [0.1, 0.15) is 0 Å². The smallest absolute Gasteiger partial charge is 0.0285 e. The number of nitrogens with two attached hydrogens (primary N) is 1. The first-order valence-corrected chi connectivity index (χ1v) is 5.10. The summed E-state index contributed by atoms with van der Waals surface area (Å²) < 4.78 is 0. The quantitative estimate of drug-likeness (QED) is 0.577. The fourth-order valence-corrected chi connectivity index (χ4v) is 2.35. The second kappa shape index (κ2) is 3.73. The van der Waals surface area contributed by atoms with E-state index in [1.165, 1.54) is 38.8 Å². The van der Waals surface area contributed by atoms with Crippen LogP contribution >= 0.6 is 0 Å². The van der Waals surface area contributed by atoms with Crippen LogP contribution in [0.4, 0.5) is 0 Å². The van der Waals surface area contributed by atoms with Gasteiger partial charge in [-0.15, -0.1) is 0 Å². The first-order chi connectivity index (χ1) is 5.86. The molecule has 2 rings (SSSR count). The van der Waals surface area contributed by atoms with Crippen molar-refractivity contribution < 1.29 is 0 Å². The van der Waals surface area contributed by atoms with Gasteiger partial charge in [-0.05, 0) is 32.4 Å². The Kier molecular flexibility index (Phi) is 2.63. The van der Waals surface area contributed by atoms with Gasteiger partial charge in [-0.3, -0.25) is 10.7 Å². The second-order valence-corrected chi connectivity index (χ2v) is 4.03. The molecule has 0 aromatic heterocycles. The third-order valence-corrected chi connectivity index (χ3v) is 3.10. The Morgan fingerprint density at radius 1 is 1.00 bits per heavy atom. The van der Waals surface area contributed by atoms with E-state index >= 15 is 0 Å². The fraction of sp³-hybridized carbons (Fsp3) is 1.00. The summed E-state index contributed by atoms with van der Waals surface area (Å²) in [5.41, 5.74) is 0. The van der Waals surface area contributed by atoms with E-state index in [0.717, 1.165) is 19.1 Å². The monoisotopic (exact) mass is 169 g/mol. The van der Waals surface area contributed by atoms with Crippen molar-refractivity contribution in [2.45, 2.75) is 31.7 Å². The molecule has 1 unspecified atom stereocenters. The summed E-state index contributed by atoms with van der Waals surface area (Å²) >= 11 is 0. The minimum atomic E-state index is 0.760. The van der Waals surface area contributed by atoms with E-state index < -0.39 is 0 Å². The van der Waals surface area contributed by atoms with E-state index in [-0.39, 0.29) is 0 Å². The van der Waals surface area contributed by atoms with Crippen LogP contribution in [0.15, 0.2) is 0 Å². The lowest BCUT2D eigenvalue weighted by Crippen LogP contribution is -2.41. The van der Waals surface area contributed by atoms with Crippen LogP contribution in [0.2, 0.25) is 0 Å². The molecule has 2 aliphatic rings. The third-order valence-electron chi connectivity index (χ3n) is 3.10. The zero-order valence-corrected chi connectivity index (χ0v) is 7.71. The van der Waals surface area contributed by atoms with Crippen molar-refractivity contribution >= 4 is 0 Å². The summed E-state index contributed by atoms with van der Waals surface area (Å²) in [6, 6.07) is 0.760. The van der Waals surface area contributed by atoms with Crippen molar-refractivity contribution in [3.8, 4) is 0 Å². The number of likely N-dealkylation sites (tertiary alicyclic amines) is 1. The highest BCUT2D eigenvalue weighted by Gasteiger charge is 2.26. The number of rotatable bonds is 1. The molecule has 0 bridgehead atoms.